The minimum Gasteiger partial charge on any atom is -0.389 e. The van der Waals surface area contributed by atoms with Crippen molar-refractivity contribution < 1.29 is 9.13 Å². The molecule has 10 heteroatoms. The van der Waals surface area contributed by atoms with Crippen LogP contribution in [0, 0.1) is 17.1 Å². The highest BCUT2D eigenvalue weighted by atomic mass is 35.5. The van der Waals surface area contributed by atoms with Crippen LogP contribution in [0.25, 0.3) is 32.1 Å². The number of benzene rings is 2. The molecule has 6 rings (SSSR count). The summed E-state index contributed by atoms with van der Waals surface area (Å²) in [5, 5.41) is 11.8. The Labute approximate surface area is 210 Å². The number of hydrogen-bond donors (Lipinski definition) is 1. The Bertz CT molecular complexity index is 1560. The van der Waals surface area contributed by atoms with E-state index in [4.69, 9.17) is 27.1 Å². The molecule has 0 spiro atoms. The number of nitrogens with two attached hydrogens (primary N) is 1. The molecular formula is C25H22ClFN6OS. The van der Waals surface area contributed by atoms with Crippen LogP contribution in [0.15, 0.2) is 18.3 Å². The number of fused-ring (bicyclic) bond motifs is 4. The molecule has 2 aliphatic heterocycles. The van der Waals surface area contributed by atoms with Crippen molar-refractivity contribution >= 4 is 54.9 Å². The summed E-state index contributed by atoms with van der Waals surface area (Å²) >= 11 is 8.31. The van der Waals surface area contributed by atoms with Gasteiger partial charge in [-0.1, -0.05) is 11.6 Å². The van der Waals surface area contributed by atoms with E-state index in [2.05, 4.69) is 34.9 Å². The number of nitrogen functional groups attached to an aromatic ring is 1. The van der Waals surface area contributed by atoms with E-state index in [1.807, 2.05) is 0 Å². The lowest BCUT2D eigenvalue weighted by atomic mass is 9.91. The molecule has 0 bridgehead atoms. The van der Waals surface area contributed by atoms with Gasteiger partial charge >= 0.3 is 0 Å². The summed E-state index contributed by atoms with van der Waals surface area (Å²) in [5.41, 5.74) is 9.42. The van der Waals surface area contributed by atoms with Crippen molar-refractivity contribution in [3.8, 4) is 17.2 Å². The zero-order chi connectivity index (χ0) is 24.4. The number of likely N-dealkylation sites (N-methyl/N-ethyl adjacent to an activating group) is 1. The highest BCUT2D eigenvalue weighted by Gasteiger charge is 2.31. The van der Waals surface area contributed by atoms with Gasteiger partial charge in [-0.3, -0.25) is 0 Å². The molecule has 0 aliphatic carbocycles. The maximum absolute atomic E-state index is 15.5. The quantitative estimate of drug-likeness (QED) is 0.419. The topological polar surface area (TPSA) is 91.3 Å². The normalized spacial score (nSPS) is 17.6. The summed E-state index contributed by atoms with van der Waals surface area (Å²) in [6.07, 6.45) is 2.82. The first kappa shape index (κ1) is 22.4. The molecule has 4 aromatic rings. The fourth-order valence-corrected chi connectivity index (χ4v) is 6.48. The first-order valence-electron chi connectivity index (χ1n) is 11.3. The van der Waals surface area contributed by atoms with Gasteiger partial charge in [0.1, 0.15) is 16.9 Å². The number of halogens is 2. The van der Waals surface area contributed by atoms with Crippen LogP contribution in [0.3, 0.4) is 0 Å². The van der Waals surface area contributed by atoms with Crippen molar-refractivity contribution in [3.05, 3.63) is 45.9 Å². The molecule has 0 amide bonds. The molecule has 0 radical (unpaired) electrons. The zero-order valence-electron chi connectivity index (χ0n) is 19.2. The third-order valence-electron chi connectivity index (χ3n) is 7.06. The third-order valence-corrected chi connectivity index (χ3v) is 8.41. The molecule has 2 aromatic carbocycles. The lowest BCUT2D eigenvalue weighted by Crippen LogP contribution is -2.32. The summed E-state index contributed by atoms with van der Waals surface area (Å²) in [6.45, 7) is 2.32. The van der Waals surface area contributed by atoms with Crippen LogP contribution in [0.4, 0.5) is 15.3 Å². The van der Waals surface area contributed by atoms with Crippen LogP contribution >= 0.6 is 22.9 Å². The monoisotopic (exact) mass is 508 g/mol. The number of anilines is 2. The van der Waals surface area contributed by atoms with Crippen molar-refractivity contribution in [3.63, 3.8) is 0 Å². The van der Waals surface area contributed by atoms with Crippen molar-refractivity contribution in [2.75, 3.05) is 37.8 Å². The lowest BCUT2D eigenvalue weighted by molar-refractivity contribution is 0.135. The number of aromatic nitrogens is 2. The molecule has 2 N–H and O–H groups in total. The lowest BCUT2D eigenvalue weighted by Gasteiger charge is -2.21. The predicted molar refractivity (Wildman–Crippen MR) is 137 cm³/mol. The van der Waals surface area contributed by atoms with E-state index < -0.39 is 5.82 Å². The SMILES string of the molecule is CN(C)[C@H]1CCN(c2ncc3c4c(c(-c5c(F)ccc6sc(N)c(C#N)c56)c(Cl)c3n2)COC4)C1. The van der Waals surface area contributed by atoms with E-state index in [1.54, 1.807) is 12.3 Å². The number of hydrogen-bond acceptors (Lipinski definition) is 8. The summed E-state index contributed by atoms with van der Waals surface area (Å²) < 4.78 is 22.0. The highest BCUT2D eigenvalue weighted by Crippen LogP contribution is 2.48. The fraction of sp³-hybridized carbons (Fsp3) is 0.320. The summed E-state index contributed by atoms with van der Waals surface area (Å²) in [4.78, 5) is 13.9. The molecular weight excluding hydrogens is 487 g/mol. The van der Waals surface area contributed by atoms with Crippen molar-refractivity contribution in [1.82, 2.24) is 14.9 Å². The predicted octanol–water partition coefficient (Wildman–Crippen LogP) is 4.93. The van der Waals surface area contributed by atoms with Crippen LogP contribution in [0.1, 0.15) is 23.1 Å². The summed E-state index contributed by atoms with van der Waals surface area (Å²) in [5.74, 6) is 0.134. The van der Waals surface area contributed by atoms with Crippen molar-refractivity contribution in [1.29, 1.82) is 5.26 Å². The number of nitrogens with zero attached hydrogens (tertiary/aromatic N) is 5. The minimum absolute atomic E-state index is 0.262. The van der Waals surface area contributed by atoms with Gasteiger partial charge < -0.3 is 20.3 Å². The average molecular weight is 509 g/mol. The molecule has 4 heterocycles. The van der Waals surface area contributed by atoms with Gasteiger partial charge in [0.2, 0.25) is 5.95 Å². The zero-order valence-corrected chi connectivity index (χ0v) is 20.8. The number of ether oxygens (including phenoxy) is 1. The Hall–Kier alpha value is -3.03. The van der Waals surface area contributed by atoms with Crippen LogP contribution < -0.4 is 10.6 Å². The Morgan fingerprint density at radius 3 is 2.83 bits per heavy atom. The van der Waals surface area contributed by atoms with Crippen LogP contribution in [0.2, 0.25) is 5.02 Å². The van der Waals surface area contributed by atoms with Gasteiger partial charge in [0, 0.05) is 51.9 Å². The van der Waals surface area contributed by atoms with E-state index in [-0.39, 0.29) is 17.7 Å². The van der Waals surface area contributed by atoms with Gasteiger partial charge in [-0.05, 0) is 43.8 Å². The maximum Gasteiger partial charge on any atom is 0.225 e. The summed E-state index contributed by atoms with van der Waals surface area (Å²) in [6, 6.07) is 5.62. The Balaban J connectivity index is 1.62. The fourth-order valence-electron chi connectivity index (χ4n) is 5.20. The van der Waals surface area contributed by atoms with Gasteiger partial charge in [-0.25, -0.2) is 14.4 Å². The first-order chi connectivity index (χ1) is 16.9. The van der Waals surface area contributed by atoms with Gasteiger partial charge in [0.25, 0.3) is 0 Å². The van der Waals surface area contributed by atoms with Crippen molar-refractivity contribution in [2.45, 2.75) is 25.7 Å². The Morgan fingerprint density at radius 2 is 2.09 bits per heavy atom. The van der Waals surface area contributed by atoms with Crippen LogP contribution in [-0.2, 0) is 18.0 Å². The standard InChI is InChI=1S/C25H22ClFN6OS/c1-32(2)12-5-6-33(9-12)25-30-8-14-15-10-34-11-16(15)20(22(26)23(14)31-25)21-17(27)3-4-18-19(21)13(7-28)24(29)35-18/h3-4,8,12H,5-6,9-11,29H2,1-2H3/t12-/m0/s1. The maximum atomic E-state index is 15.5. The number of nitriles is 1. The second-order valence-electron chi connectivity index (χ2n) is 9.17. The van der Waals surface area contributed by atoms with Crippen LogP contribution in [0.5, 0.6) is 0 Å². The van der Waals surface area contributed by atoms with E-state index in [0.717, 1.165) is 40.7 Å². The molecule has 1 fully saturated rings. The first-order valence-corrected chi connectivity index (χ1v) is 12.5. The second-order valence-corrected chi connectivity index (χ2v) is 10.6. The second kappa shape index (κ2) is 8.28. The molecule has 2 aliphatic rings. The molecule has 1 atom stereocenters. The highest BCUT2D eigenvalue weighted by molar-refractivity contribution is 7.23. The third kappa shape index (κ3) is 3.36. The molecule has 178 valence electrons. The molecule has 2 aromatic heterocycles. The van der Waals surface area contributed by atoms with Gasteiger partial charge in [0.05, 0.1) is 29.3 Å². The van der Waals surface area contributed by atoms with E-state index in [9.17, 15) is 5.26 Å². The van der Waals surface area contributed by atoms with Crippen molar-refractivity contribution in [2.24, 2.45) is 0 Å². The van der Waals surface area contributed by atoms with Gasteiger partial charge in [-0.2, -0.15) is 5.26 Å². The van der Waals surface area contributed by atoms with E-state index >= 15 is 4.39 Å². The smallest absolute Gasteiger partial charge is 0.225 e. The molecule has 35 heavy (non-hydrogen) atoms. The Morgan fingerprint density at radius 1 is 1.29 bits per heavy atom. The van der Waals surface area contributed by atoms with Gasteiger partial charge in [-0.15, -0.1) is 11.3 Å². The number of thiophene rings is 1. The minimum atomic E-state index is -0.468. The van der Waals surface area contributed by atoms with E-state index in [1.165, 1.54) is 17.4 Å². The summed E-state index contributed by atoms with van der Waals surface area (Å²) in [7, 11) is 4.15. The van der Waals surface area contributed by atoms with E-state index in [0.29, 0.717) is 45.1 Å². The molecule has 7 nitrogen and oxygen atoms in total. The molecule has 0 unspecified atom stereocenters. The Kier molecular flexibility index (Phi) is 5.31. The largest absolute Gasteiger partial charge is 0.389 e. The molecule has 0 saturated carbocycles. The number of rotatable bonds is 3. The average Bonchev–Trinajstić information content (AvgIpc) is 3.58. The molecule has 1 saturated heterocycles. The van der Waals surface area contributed by atoms with Gasteiger partial charge in [0.15, 0.2) is 0 Å². The van der Waals surface area contributed by atoms with Crippen LogP contribution in [-0.4, -0.2) is 48.1 Å².